The van der Waals surface area contributed by atoms with Crippen LogP contribution in [-0.4, -0.2) is 21.8 Å². The van der Waals surface area contributed by atoms with Gasteiger partial charge in [-0.2, -0.15) is 0 Å². The maximum Gasteiger partial charge on any atom is 0.255 e. The van der Waals surface area contributed by atoms with Crippen molar-refractivity contribution in [2.75, 3.05) is 0 Å². The molecule has 0 bridgehead atoms. The van der Waals surface area contributed by atoms with Crippen molar-refractivity contribution in [3.63, 3.8) is 0 Å². The van der Waals surface area contributed by atoms with E-state index < -0.39 is 0 Å². The fourth-order valence-electron chi connectivity index (χ4n) is 3.00. The van der Waals surface area contributed by atoms with Gasteiger partial charge in [0.15, 0.2) is 0 Å². The van der Waals surface area contributed by atoms with Crippen molar-refractivity contribution in [2.24, 2.45) is 0 Å². The van der Waals surface area contributed by atoms with Gasteiger partial charge in [0.05, 0.1) is 11.1 Å². The molecule has 2 aromatic carbocycles. The zero-order chi connectivity index (χ0) is 16.5. The number of hydrogen-bond acceptors (Lipinski definition) is 2. The van der Waals surface area contributed by atoms with Crippen molar-refractivity contribution in [2.45, 2.75) is 25.4 Å². The highest BCUT2D eigenvalue weighted by Crippen LogP contribution is 2.31. The van der Waals surface area contributed by atoms with Gasteiger partial charge in [-0.1, -0.05) is 36.4 Å². The Kier molecular flexibility index (Phi) is 3.73. The van der Waals surface area contributed by atoms with Crippen molar-refractivity contribution >= 4 is 16.8 Å². The van der Waals surface area contributed by atoms with Gasteiger partial charge in [-0.15, -0.1) is 0 Å². The first kappa shape index (κ1) is 14.8. The molecule has 1 amide bonds. The third kappa shape index (κ3) is 2.75. The second-order valence-corrected chi connectivity index (χ2v) is 6.13. The average Bonchev–Trinajstić information content (AvgIpc) is 3.45. The molecule has 1 saturated carbocycles. The summed E-state index contributed by atoms with van der Waals surface area (Å²) < 4.78 is 14.0. The van der Waals surface area contributed by atoms with Gasteiger partial charge in [-0.25, -0.2) is 4.39 Å². The van der Waals surface area contributed by atoms with E-state index in [1.165, 1.54) is 6.07 Å². The Hall–Kier alpha value is -2.75. The summed E-state index contributed by atoms with van der Waals surface area (Å²) in [4.78, 5) is 19.2. The molecule has 0 unspecified atom stereocenters. The summed E-state index contributed by atoms with van der Waals surface area (Å²) in [6.45, 7) is 0.298. The molecule has 0 aliphatic heterocycles. The van der Waals surface area contributed by atoms with Crippen LogP contribution in [0, 0.1) is 5.82 Å². The number of hydrogen-bond donors (Lipinski definition) is 0. The molecule has 4 rings (SSSR count). The first-order valence-corrected chi connectivity index (χ1v) is 8.12. The van der Waals surface area contributed by atoms with Gasteiger partial charge < -0.3 is 4.90 Å². The first-order valence-electron chi connectivity index (χ1n) is 8.12. The smallest absolute Gasteiger partial charge is 0.255 e. The molecule has 3 nitrogen and oxygen atoms in total. The minimum absolute atomic E-state index is 0.0562. The van der Waals surface area contributed by atoms with E-state index in [-0.39, 0.29) is 17.8 Å². The van der Waals surface area contributed by atoms with E-state index in [0.717, 1.165) is 23.7 Å². The number of halogens is 1. The van der Waals surface area contributed by atoms with Crippen LogP contribution in [0.25, 0.3) is 10.9 Å². The van der Waals surface area contributed by atoms with Crippen LogP contribution in [0.5, 0.6) is 0 Å². The van der Waals surface area contributed by atoms with E-state index in [4.69, 9.17) is 0 Å². The number of carbonyl (C=O) groups is 1. The lowest BCUT2D eigenvalue weighted by atomic mass is 10.1. The van der Waals surface area contributed by atoms with Crippen LogP contribution in [0.3, 0.4) is 0 Å². The summed E-state index contributed by atoms with van der Waals surface area (Å²) in [7, 11) is 0. The molecular weight excluding hydrogens is 303 g/mol. The summed E-state index contributed by atoms with van der Waals surface area (Å²) in [5.41, 5.74) is 1.98. The van der Waals surface area contributed by atoms with Gasteiger partial charge >= 0.3 is 0 Å². The number of pyridine rings is 1. The second-order valence-electron chi connectivity index (χ2n) is 6.13. The Morgan fingerprint density at radius 1 is 1.08 bits per heavy atom. The molecular formula is C20H17FN2O. The van der Waals surface area contributed by atoms with Gasteiger partial charge in [0, 0.05) is 29.7 Å². The van der Waals surface area contributed by atoms with Crippen LogP contribution < -0.4 is 0 Å². The van der Waals surface area contributed by atoms with E-state index in [0.29, 0.717) is 17.7 Å². The summed E-state index contributed by atoms with van der Waals surface area (Å²) in [5, 5.41) is 0.837. The lowest BCUT2D eigenvalue weighted by Gasteiger charge is -2.23. The van der Waals surface area contributed by atoms with Crippen LogP contribution >= 0.6 is 0 Å². The molecule has 0 radical (unpaired) electrons. The van der Waals surface area contributed by atoms with E-state index in [9.17, 15) is 9.18 Å². The lowest BCUT2D eigenvalue weighted by molar-refractivity contribution is 0.0730. The number of rotatable bonds is 4. The molecule has 3 aromatic rings. The molecule has 1 fully saturated rings. The molecule has 0 spiro atoms. The molecule has 120 valence electrons. The average molecular weight is 320 g/mol. The van der Waals surface area contributed by atoms with Crippen molar-refractivity contribution in [3.05, 3.63) is 77.7 Å². The van der Waals surface area contributed by atoms with Crippen LogP contribution in [0.4, 0.5) is 4.39 Å². The zero-order valence-corrected chi connectivity index (χ0v) is 13.2. The maximum atomic E-state index is 14.0. The number of aromatic nitrogens is 1. The van der Waals surface area contributed by atoms with Crippen LogP contribution in [-0.2, 0) is 6.54 Å². The monoisotopic (exact) mass is 320 g/mol. The minimum Gasteiger partial charge on any atom is -0.331 e. The first-order chi connectivity index (χ1) is 11.7. The molecule has 0 atom stereocenters. The topological polar surface area (TPSA) is 33.2 Å². The summed E-state index contributed by atoms with van der Waals surface area (Å²) in [6, 6.07) is 16.2. The highest BCUT2D eigenvalue weighted by atomic mass is 19.1. The number of carbonyl (C=O) groups excluding carboxylic acids is 1. The quantitative estimate of drug-likeness (QED) is 0.722. The molecule has 0 N–H and O–H groups in total. The molecule has 4 heteroatoms. The van der Waals surface area contributed by atoms with Gasteiger partial charge in [0.1, 0.15) is 5.82 Å². The highest BCUT2D eigenvalue weighted by molar-refractivity contribution is 6.06. The molecule has 1 aromatic heterocycles. The SMILES string of the molecule is O=C(c1ccnc2ccccc12)N(Cc1ccccc1F)C1CC1. The van der Waals surface area contributed by atoms with Crippen LogP contribution in [0.2, 0.25) is 0 Å². The molecule has 1 heterocycles. The van der Waals surface area contributed by atoms with Crippen molar-refractivity contribution in [1.29, 1.82) is 0 Å². The fourth-order valence-corrected chi connectivity index (χ4v) is 3.00. The standard InChI is InChI=1S/C20H17FN2O/c21-18-7-3-1-5-14(18)13-23(15-9-10-15)20(24)17-11-12-22-19-8-4-2-6-16(17)19/h1-8,11-12,15H,9-10,13H2. The predicted molar refractivity (Wildman–Crippen MR) is 91.0 cm³/mol. The maximum absolute atomic E-state index is 14.0. The third-order valence-electron chi connectivity index (χ3n) is 4.43. The Balaban J connectivity index is 1.71. The van der Waals surface area contributed by atoms with Crippen molar-refractivity contribution in [1.82, 2.24) is 9.88 Å². The van der Waals surface area contributed by atoms with Crippen LogP contribution in [0.15, 0.2) is 60.8 Å². The summed E-state index contributed by atoms with van der Waals surface area (Å²) >= 11 is 0. The number of benzene rings is 2. The van der Waals surface area contributed by atoms with Crippen LogP contribution in [0.1, 0.15) is 28.8 Å². The van der Waals surface area contributed by atoms with Crippen molar-refractivity contribution in [3.8, 4) is 0 Å². The number of para-hydroxylation sites is 1. The summed E-state index contributed by atoms with van der Waals surface area (Å²) in [6.07, 6.45) is 3.61. The van der Waals surface area contributed by atoms with Gasteiger partial charge in [-0.05, 0) is 31.0 Å². The molecule has 1 aliphatic carbocycles. The Morgan fingerprint density at radius 2 is 1.83 bits per heavy atom. The molecule has 1 aliphatic rings. The second kappa shape index (κ2) is 6.04. The Labute approximate surface area is 139 Å². The summed E-state index contributed by atoms with van der Waals surface area (Å²) in [5.74, 6) is -0.324. The number of amides is 1. The zero-order valence-electron chi connectivity index (χ0n) is 13.2. The van der Waals surface area contributed by atoms with Crippen molar-refractivity contribution < 1.29 is 9.18 Å². The van der Waals surface area contributed by atoms with E-state index in [1.807, 2.05) is 24.3 Å². The van der Waals surface area contributed by atoms with Gasteiger partial charge in [0.2, 0.25) is 0 Å². The normalized spacial score (nSPS) is 13.9. The fraction of sp³-hybridized carbons (Fsp3) is 0.200. The highest BCUT2D eigenvalue weighted by Gasteiger charge is 2.34. The third-order valence-corrected chi connectivity index (χ3v) is 4.43. The van der Waals surface area contributed by atoms with Gasteiger partial charge in [-0.3, -0.25) is 9.78 Å². The number of nitrogens with zero attached hydrogens (tertiary/aromatic N) is 2. The minimum atomic E-state index is -0.268. The lowest BCUT2D eigenvalue weighted by Crippen LogP contribution is -2.33. The molecule has 24 heavy (non-hydrogen) atoms. The molecule has 0 saturated heterocycles. The number of fused-ring (bicyclic) bond motifs is 1. The van der Waals surface area contributed by atoms with Gasteiger partial charge in [0.25, 0.3) is 5.91 Å². The van der Waals surface area contributed by atoms with E-state index in [1.54, 1.807) is 35.4 Å². The van der Waals surface area contributed by atoms with E-state index in [2.05, 4.69) is 4.98 Å². The Morgan fingerprint density at radius 3 is 2.62 bits per heavy atom. The predicted octanol–water partition coefficient (Wildman–Crippen LogP) is 4.18. The van der Waals surface area contributed by atoms with E-state index >= 15 is 0 Å². The Bertz CT molecular complexity index is 900. The largest absolute Gasteiger partial charge is 0.331 e.